The summed E-state index contributed by atoms with van der Waals surface area (Å²) in [5.74, 6) is 0.455. The van der Waals surface area contributed by atoms with Crippen LogP contribution in [0.15, 0.2) is 0 Å². The maximum Gasteiger partial charge on any atom is 0.103 e. The van der Waals surface area contributed by atoms with E-state index in [1.165, 1.54) is 12.8 Å². The number of aromatic amines is 1. The molecule has 72 valence electrons. The zero-order chi connectivity index (χ0) is 9.26. The molecule has 1 aromatic heterocycles. The molecule has 0 radical (unpaired) electrons. The molecule has 13 heavy (non-hydrogen) atoms. The fourth-order valence-corrected chi connectivity index (χ4v) is 1.85. The number of hydrogen-bond donors (Lipinski definition) is 2. The van der Waals surface area contributed by atoms with Gasteiger partial charge in [-0.25, -0.2) is 0 Å². The van der Waals surface area contributed by atoms with Crippen molar-refractivity contribution < 1.29 is 0 Å². The zero-order valence-corrected chi connectivity index (χ0v) is 8.17. The van der Waals surface area contributed by atoms with Crippen molar-refractivity contribution in [3.63, 3.8) is 0 Å². The molecule has 0 saturated carbocycles. The Morgan fingerprint density at radius 3 is 2.85 bits per heavy atom. The first-order valence-corrected chi connectivity index (χ1v) is 4.93. The normalized spacial score (nSPS) is 22.8. The number of H-pyrrole nitrogens is 1. The topological polar surface area (TPSA) is 53.6 Å². The first kappa shape index (κ1) is 8.69. The van der Waals surface area contributed by atoms with Crippen LogP contribution in [0.3, 0.4) is 0 Å². The molecule has 1 aliphatic heterocycles. The largest absolute Gasteiger partial charge is 0.309 e. The molecule has 0 aliphatic carbocycles. The summed E-state index contributed by atoms with van der Waals surface area (Å²) in [6.45, 7) is 5.40. The van der Waals surface area contributed by atoms with Crippen LogP contribution in [-0.2, 0) is 0 Å². The molecular formula is C9H16N4. The van der Waals surface area contributed by atoms with Crippen LogP contribution in [0.25, 0.3) is 0 Å². The lowest BCUT2D eigenvalue weighted by Crippen LogP contribution is -2.15. The van der Waals surface area contributed by atoms with E-state index in [1.807, 2.05) is 0 Å². The highest BCUT2D eigenvalue weighted by atomic mass is 15.3. The smallest absolute Gasteiger partial charge is 0.103 e. The van der Waals surface area contributed by atoms with E-state index >= 15 is 0 Å². The molecule has 0 bridgehead atoms. The molecule has 0 amide bonds. The van der Waals surface area contributed by atoms with Gasteiger partial charge in [0.1, 0.15) is 5.69 Å². The summed E-state index contributed by atoms with van der Waals surface area (Å²) in [6, 6.07) is 0.427. The maximum absolute atomic E-state index is 4.22. The molecule has 1 unspecified atom stereocenters. The van der Waals surface area contributed by atoms with E-state index in [4.69, 9.17) is 0 Å². The van der Waals surface area contributed by atoms with Crippen LogP contribution >= 0.6 is 0 Å². The maximum atomic E-state index is 4.22. The zero-order valence-electron chi connectivity index (χ0n) is 8.17. The number of nitrogens with one attached hydrogen (secondary N) is 2. The Kier molecular flexibility index (Phi) is 2.31. The summed E-state index contributed by atoms with van der Waals surface area (Å²) < 4.78 is 0. The van der Waals surface area contributed by atoms with E-state index in [-0.39, 0.29) is 0 Å². The van der Waals surface area contributed by atoms with Crippen LogP contribution in [-0.4, -0.2) is 22.0 Å². The van der Waals surface area contributed by atoms with Gasteiger partial charge >= 0.3 is 0 Å². The molecule has 0 spiro atoms. The van der Waals surface area contributed by atoms with Crippen LogP contribution in [0.5, 0.6) is 0 Å². The van der Waals surface area contributed by atoms with Crippen molar-refractivity contribution in [3.05, 3.63) is 11.4 Å². The highest BCUT2D eigenvalue weighted by Gasteiger charge is 2.23. The lowest BCUT2D eigenvalue weighted by Gasteiger charge is -2.09. The lowest BCUT2D eigenvalue weighted by molar-refractivity contribution is 0.613. The Morgan fingerprint density at radius 2 is 2.23 bits per heavy atom. The highest BCUT2D eigenvalue weighted by Crippen LogP contribution is 2.26. The molecule has 0 aromatic carbocycles. The summed E-state index contributed by atoms with van der Waals surface area (Å²) in [6.07, 6.45) is 2.43. The summed E-state index contributed by atoms with van der Waals surface area (Å²) in [7, 11) is 0. The number of rotatable bonds is 2. The highest BCUT2D eigenvalue weighted by molar-refractivity contribution is 5.17. The van der Waals surface area contributed by atoms with E-state index in [0.29, 0.717) is 12.0 Å². The second-order valence-electron chi connectivity index (χ2n) is 3.90. The monoisotopic (exact) mass is 180 g/mol. The third-order valence-electron chi connectivity index (χ3n) is 2.54. The Labute approximate surface area is 78.1 Å². The van der Waals surface area contributed by atoms with Crippen LogP contribution in [0.2, 0.25) is 0 Å². The Bertz CT molecular complexity index is 273. The molecule has 2 N–H and O–H groups in total. The molecule has 4 heteroatoms. The molecule has 1 aromatic rings. The number of nitrogens with zero attached hydrogens (tertiary/aromatic N) is 2. The number of hydrogen-bond acceptors (Lipinski definition) is 3. The average molecular weight is 180 g/mol. The minimum atomic E-state index is 0.427. The van der Waals surface area contributed by atoms with Crippen molar-refractivity contribution in [2.45, 2.75) is 38.6 Å². The summed E-state index contributed by atoms with van der Waals surface area (Å²) in [4.78, 5) is 0. The Morgan fingerprint density at radius 1 is 1.38 bits per heavy atom. The van der Waals surface area contributed by atoms with Gasteiger partial charge in [-0.15, -0.1) is 0 Å². The van der Waals surface area contributed by atoms with Gasteiger partial charge in [-0.1, -0.05) is 13.8 Å². The predicted molar refractivity (Wildman–Crippen MR) is 50.4 cm³/mol. The van der Waals surface area contributed by atoms with Gasteiger partial charge in [-0.05, 0) is 25.3 Å². The third kappa shape index (κ3) is 1.58. The predicted octanol–water partition coefficient (Wildman–Crippen LogP) is 1.35. The third-order valence-corrected chi connectivity index (χ3v) is 2.54. The average Bonchev–Trinajstić information content (AvgIpc) is 2.74. The van der Waals surface area contributed by atoms with E-state index in [9.17, 15) is 0 Å². The van der Waals surface area contributed by atoms with Crippen LogP contribution < -0.4 is 5.32 Å². The summed E-state index contributed by atoms with van der Waals surface area (Å²) in [5.41, 5.74) is 2.23. The van der Waals surface area contributed by atoms with Crippen molar-refractivity contribution in [1.29, 1.82) is 0 Å². The lowest BCUT2D eigenvalue weighted by atomic mass is 10.0. The molecular weight excluding hydrogens is 164 g/mol. The first-order chi connectivity index (χ1) is 6.29. The van der Waals surface area contributed by atoms with E-state index in [0.717, 1.165) is 17.9 Å². The van der Waals surface area contributed by atoms with Gasteiger partial charge in [-0.2, -0.15) is 15.4 Å². The Hall–Kier alpha value is -0.900. The van der Waals surface area contributed by atoms with Gasteiger partial charge < -0.3 is 5.32 Å². The minimum absolute atomic E-state index is 0.427. The molecule has 1 atom stereocenters. The van der Waals surface area contributed by atoms with Crippen LogP contribution in [0, 0.1) is 0 Å². The van der Waals surface area contributed by atoms with Gasteiger partial charge in [0.2, 0.25) is 0 Å². The van der Waals surface area contributed by atoms with Crippen LogP contribution in [0.4, 0.5) is 0 Å². The van der Waals surface area contributed by atoms with Crippen molar-refractivity contribution in [1.82, 2.24) is 20.7 Å². The standard InChI is InChI=1S/C9H16N4/c1-6(2)8-9(12-13-11-8)7-4-3-5-10-7/h6-7,10H,3-5H2,1-2H3,(H,11,12,13). The SMILES string of the molecule is CC(C)c1n[nH]nc1C1CCCN1. The van der Waals surface area contributed by atoms with Gasteiger partial charge in [0.25, 0.3) is 0 Å². The van der Waals surface area contributed by atoms with E-state index in [2.05, 4.69) is 34.6 Å². The molecule has 1 aliphatic rings. The summed E-state index contributed by atoms with van der Waals surface area (Å²) in [5, 5.41) is 14.6. The van der Waals surface area contributed by atoms with Crippen molar-refractivity contribution >= 4 is 0 Å². The van der Waals surface area contributed by atoms with Crippen molar-refractivity contribution in [2.75, 3.05) is 6.54 Å². The summed E-state index contributed by atoms with van der Waals surface area (Å²) >= 11 is 0. The fourth-order valence-electron chi connectivity index (χ4n) is 1.85. The van der Waals surface area contributed by atoms with Gasteiger partial charge in [-0.3, -0.25) is 0 Å². The van der Waals surface area contributed by atoms with Crippen LogP contribution in [0.1, 0.15) is 50.0 Å². The van der Waals surface area contributed by atoms with Crippen molar-refractivity contribution in [3.8, 4) is 0 Å². The molecule has 4 nitrogen and oxygen atoms in total. The fraction of sp³-hybridized carbons (Fsp3) is 0.778. The van der Waals surface area contributed by atoms with Gasteiger partial charge in [0, 0.05) is 0 Å². The van der Waals surface area contributed by atoms with Crippen molar-refractivity contribution in [2.24, 2.45) is 0 Å². The minimum Gasteiger partial charge on any atom is -0.309 e. The first-order valence-electron chi connectivity index (χ1n) is 4.93. The second kappa shape index (κ2) is 3.46. The Balaban J connectivity index is 2.23. The number of aromatic nitrogens is 3. The second-order valence-corrected chi connectivity index (χ2v) is 3.90. The molecule has 2 rings (SSSR count). The molecule has 1 fully saturated rings. The van der Waals surface area contributed by atoms with Gasteiger partial charge in [0.05, 0.1) is 11.7 Å². The van der Waals surface area contributed by atoms with E-state index < -0.39 is 0 Å². The quantitative estimate of drug-likeness (QED) is 0.722. The van der Waals surface area contributed by atoms with E-state index in [1.54, 1.807) is 0 Å². The van der Waals surface area contributed by atoms with Gasteiger partial charge in [0.15, 0.2) is 0 Å². The molecule has 2 heterocycles. The molecule has 1 saturated heterocycles.